The van der Waals surface area contributed by atoms with Gasteiger partial charge in [-0.3, -0.25) is 0 Å². The van der Waals surface area contributed by atoms with Crippen molar-refractivity contribution >= 4 is 17.7 Å². The van der Waals surface area contributed by atoms with Crippen molar-refractivity contribution in [1.29, 1.82) is 0 Å². The number of hydrogen-bond donors (Lipinski definition) is 0. The summed E-state index contributed by atoms with van der Waals surface area (Å²) in [7, 11) is 0. The summed E-state index contributed by atoms with van der Waals surface area (Å²) in [6.45, 7) is 6.76. The topological polar surface area (TPSA) is 0 Å². The molecule has 0 aliphatic carbocycles. The third kappa shape index (κ3) is 6.93. The van der Waals surface area contributed by atoms with Gasteiger partial charge in [-0.2, -0.15) is 0 Å². The molecule has 0 bridgehead atoms. The van der Waals surface area contributed by atoms with E-state index in [1.54, 1.807) is 0 Å². The Morgan fingerprint density at radius 2 is 1.62 bits per heavy atom. The van der Waals surface area contributed by atoms with Gasteiger partial charge in [0, 0.05) is 0 Å². The molecule has 0 unspecified atom stereocenters. The van der Waals surface area contributed by atoms with E-state index in [0.717, 1.165) is 6.42 Å². The average Bonchev–Trinajstić information content (AvgIpc) is 2.07. The van der Waals surface area contributed by atoms with E-state index >= 15 is 0 Å². The molecule has 0 saturated heterocycles. The van der Waals surface area contributed by atoms with E-state index in [0.29, 0.717) is 5.41 Å². The van der Waals surface area contributed by atoms with Gasteiger partial charge in [0.2, 0.25) is 0 Å². The van der Waals surface area contributed by atoms with E-state index in [4.69, 9.17) is 0 Å². The first-order chi connectivity index (χ1) is 6.08. The van der Waals surface area contributed by atoms with Crippen LogP contribution in [0.1, 0.15) is 26.3 Å². The Balaban J connectivity index is 0.000000671. The molecule has 0 aliphatic heterocycles. The number of benzene rings is 1. The summed E-state index contributed by atoms with van der Waals surface area (Å²) in [6.07, 6.45) is 1.14. The third-order valence-electron chi connectivity index (χ3n) is 1.52. The van der Waals surface area contributed by atoms with E-state index < -0.39 is 0 Å². The van der Waals surface area contributed by atoms with Crippen LogP contribution in [0.15, 0.2) is 24.3 Å². The van der Waals surface area contributed by atoms with Crippen molar-refractivity contribution in [2.75, 3.05) is 0 Å². The monoisotopic (exact) mass is 169 g/mol. The second-order valence-corrected chi connectivity index (χ2v) is 4.15. The van der Waals surface area contributed by atoms with Crippen LogP contribution in [0.5, 0.6) is 0 Å². The van der Waals surface area contributed by atoms with Crippen molar-refractivity contribution in [2.45, 2.75) is 32.8 Å². The van der Waals surface area contributed by atoms with Gasteiger partial charge in [0.15, 0.2) is 0 Å². The molecule has 0 aromatic heterocycles. The van der Waals surface area contributed by atoms with Gasteiger partial charge in [0.25, 0.3) is 0 Å². The first kappa shape index (κ1) is 12.8. The molecule has 0 aliphatic rings. The summed E-state index contributed by atoms with van der Waals surface area (Å²) in [4.78, 5) is 0. The van der Waals surface area contributed by atoms with Crippen LogP contribution in [0.2, 0.25) is 5.60 Å². The van der Waals surface area contributed by atoms with Crippen LogP contribution in [-0.4, -0.2) is 17.7 Å². The minimum atomic E-state index is 0.390. The Hall–Kier alpha value is -0.183. The normalized spacial score (nSPS) is 10.3. The second-order valence-electron chi connectivity index (χ2n) is 4.15. The third-order valence-corrected chi connectivity index (χ3v) is 1.52. The SMILES string of the molecule is CC(C)(C)Cc1cc[c]cc1.[Li][CH3]. The van der Waals surface area contributed by atoms with E-state index in [1.165, 1.54) is 5.56 Å². The van der Waals surface area contributed by atoms with Crippen LogP contribution < -0.4 is 0 Å². The van der Waals surface area contributed by atoms with E-state index in [9.17, 15) is 0 Å². The predicted molar refractivity (Wildman–Crippen MR) is 60.1 cm³/mol. The Morgan fingerprint density at radius 3 is 2.00 bits per heavy atom. The fourth-order valence-corrected chi connectivity index (χ4v) is 1.15. The zero-order chi connectivity index (χ0) is 10.3. The first-order valence-corrected chi connectivity index (χ1v) is 5.03. The van der Waals surface area contributed by atoms with Gasteiger partial charge in [-0.05, 0) is 23.5 Å². The molecule has 1 aromatic rings. The predicted octanol–water partition coefficient (Wildman–Crippen LogP) is 3.28. The molecule has 0 saturated carbocycles. The van der Waals surface area contributed by atoms with Crippen molar-refractivity contribution < 1.29 is 0 Å². The summed E-state index contributed by atoms with van der Waals surface area (Å²) >= 11 is 2.00. The van der Waals surface area contributed by atoms with Gasteiger partial charge >= 0.3 is 23.3 Å². The van der Waals surface area contributed by atoms with Gasteiger partial charge in [0.05, 0.1) is 0 Å². The van der Waals surface area contributed by atoms with Crippen molar-refractivity contribution in [3.63, 3.8) is 0 Å². The molecule has 0 N–H and O–H groups in total. The maximum absolute atomic E-state index is 3.02. The number of hydrogen-bond acceptors (Lipinski definition) is 0. The van der Waals surface area contributed by atoms with Crippen LogP contribution in [0.4, 0.5) is 0 Å². The van der Waals surface area contributed by atoms with Gasteiger partial charge in [-0.1, -0.05) is 45.0 Å². The maximum atomic E-state index is 3.02. The van der Waals surface area contributed by atoms with Gasteiger partial charge in [-0.25, -0.2) is 0 Å². The second kappa shape index (κ2) is 6.30. The standard InChI is InChI=1S/C11H15.CH3.Li/c1-11(2,3)9-10-7-5-4-6-8-10;;/h5-8H,9H2,1-3H3;1H3;. The van der Waals surface area contributed by atoms with Gasteiger partial charge < -0.3 is 0 Å². The molecule has 0 atom stereocenters. The Kier molecular flexibility index (Phi) is 6.21. The van der Waals surface area contributed by atoms with Gasteiger partial charge in [-0.15, -0.1) is 0 Å². The van der Waals surface area contributed by atoms with Crippen LogP contribution >= 0.6 is 0 Å². The Bertz CT molecular complexity index is 208. The summed E-state index contributed by atoms with van der Waals surface area (Å²) < 4.78 is 0. The average molecular weight is 169 g/mol. The molecule has 0 amide bonds. The summed E-state index contributed by atoms with van der Waals surface area (Å²) in [5.41, 5.74) is 3.79. The molecule has 1 aromatic carbocycles. The number of rotatable bonds is 1. The molecule has 0 nitrogen and oxygen atoms in total. The Labute approximate surface area is 91.9 Å². The summed E-state index contributed by atoms with van der Waals surface area (Å²) in [5.74, 6) is 0. The van der Waals surface area contributed by atoms with Crippen molar-refractivity contribution in [2.24, 2.45) is 5.41 Å². The fourth-order valence-electron chi connectivity index (χ4n) is 1.15. The van der Waals surface area contributed by atoms with Crippen LogP contribution in [0.3, 0.4) is 0 Å². The van der Waals surface area contributed by atoms with Crippen LogP contribution in [-0.2, 0) is 6.42 Å². The molecule has 1 rings (SSSR count). The zero-order valence-corrected chi connectivity index (χ0v) is 9.52. The molecular formula is C12H18Li. The molecule has 0 spiro atoms. The van der Waals surface area contributed by atoms with E-state index in [1.807, 2.05) is 35.4 Å². The van der Waals surface area contributed by atoms with Crippen molar-refractivity contribution in [3.8, 4) is 0 Å². The van der Waals surface area contributed by atoms with E-state index in [2.05, 4.69) is 39.0 Å². The molecule has 0 fully saturated rings. The van der Waals surface area contributed by atoms with E-state index in [-0.39, 0.29) is 0 Å². The van der Waals surface area contributed by atoms with Crippen LogP contribution in [0, 0.1) is 11.5 Å². The molecule has 13 heavy (non-hydrogen) atoms. The zero-order valence-electron chi connectivity index (χ0n) is 9.52. The van der Waals surface area contributed by atoms with Gasteiger partial charge in [0.1, 0.15) is 0 Å². The Morgan fingerprint density at radius 1 is 1.15 bits per heavy atom. The van der Waals surface area contributed by atoms with Crippen molar-refractivity contribution in [3.05, 3.63) is 35.9 Å². The van der Waals surface area contributed by atoms with Crippen molar-refractivity contribution in [1.82, 2.24) is 0 Å². The first-order valence-electron chi connectivity index (χ1n) is 5.03. The summed E-state index contributed by atoms with van der Waals surface area (Å²) in [5, 5.41) is 0. The molecule has 1 heteroatoms. The molecule has 67 valence electrons. The minimum absolute atomic E-state index is 0.390. The summed E-state index contributed by atoms with van der Waals surface area (Å²) in [6, 6.07) is 11.2. The van der Waals surface area contributed by atoms with Crippen LogP contribution in [0.25, 0.3) is 0 Å². The molecule has 0 heterocycles. The quantitative estimate of drug-likeness (QED) is 0.566. The fraction of sp³-hybridized carbons (Fsp3) is 0.500. The molecular weight excluding hydrogens is 151 g/mol. The molecule has 1 radical (unpaired) electrons.